The number of thiazole rings is 1. The summed E-state index contributed by atoms with van der Waals surface area (Å²) in [6, 6.07) is 17.2. The number of amides is 1. The van der Waals surface area contributed by atoms with Gasteiger partial charge in [0.15, 0.2) is 11.0 Å². The number of carbonyl (C=O) groups excluding carboxylic acids is 1. The number of carbonyl (C=O) groups is 1. The minimum Gasteiger partial charge on any atom is -0.321 e. The van der Waals surface area contributed by atoms with Crippen molar-refractivity contribution in [2.24, 2.45) is 0 Å². The number of rotatable bonds is 7. The number of aromatic nitrogens is 5. The molecule has 3 heterocycles. The van der Waals surface area contributed by atoms with Gasteiger partial charge >= 0.3 is 0 Å². The van der Waals surface area contributed by atoms with E-state index in [2.05, 4.69) is 25.5 Å². The van der Waals surface area contributed by atoms with Crippen LogP contribution in [0.15, 0.2) is 77.5 Å². The molecule has 0 aliphatic rings. The summed E-state index contributed by atoms with van der Waals surface area (Å²) >= 11 is 9.27. The molecule has 0 saturated carbocycles. The van der Waals surface area contributed by atoms with Gasteiger partial charge in [0.2, 0.25) is 0 Å². The normalized spacial score (nSPS) is 11.0. The quantitative estimate of drug-likeness (QED) is 0.238. The monoisotopic (exact) mass is 532 g/mol. The highest BCUT2D eigenvalue weighted by molar-refractivity contribution is 7.98. The van der Waals surface area contributed by atoms with E-state index in [1.165, 1.54) is 23.1 Å². The number of halogens is 1. The summed E-state index contributed by atoms with van der Waals surface area (Å²) in [5, 5.41) is 15.7. The maximum atomic E-state index is 12.6. The van der Waals surface area contributed by atoms with Crippen molar-refractivity contribution in [3.8, 4) is 17.1 Å². The molecule has 2 aromatic carbocycles. The molecule has 0 radical (unpaired) electrons. The van der Waals surface area contributed by atoms with Crippen molar-refractivity contribution in [2.75, 3.05) is 5.32 Å². The van der Waals surface area contributed by atoms with Crippen molar-refractivity contribution in [3.05, 3.63) is 99.2 Å². The first-order valence-electron chi connectivity index (χ1n) is 11.1. The highest BCUT2D eigenvalue weighted by Gasteiger charge is 2.19. The number of pyridine rings is 1. The second kappa shape index (κ2) is 10.6. The summed E-state index contributed by atoms with van der Waals surface area (Å²) in [5.41, 5.74) is 5.04. The van der Waals surface area contributed by atoms with Gasteiger partial charge in [-0.1, -0.05) is 47.1 Å². The molecule has 0 bridgehead atoms. The summed E-state index contributed by atoms with van der Waals surface area (Å²) < 4.78 is 1.99. The first kappa shape index (κ1) is 24.2. The van der Waals surface area contributed by atoms with E-state index in [-0.39, 0.29) is 5.91 Å². The molecule has 0 spiro atoms. The Morgan fingerprint density at radius 1 is 1.11 bits per heavy atom. The Hall–Kier alpha value is -3.53. The fourth-order valence-electron chi connectivity index (χ4n) is 3.53. The average Bonchev–Trinajstić information content (AvgIpc) is 3.53. The predicted octanol–water partition coefficient (Wildman–Crippen LogP) is 6.60. The van der Waals surface area contributed by atoms with Crippen LogP contribution in [0.3, 0.4) is 0 Å². The van der Waals surface area contributed by atoms with Gasteiger partial charge in [0.05, 0.1) is 11.4 Å². The fourth-order valence-corrected chi connectivity index (χ4v) is 5.43. The zero-order valence-electron chi connectivity index (χ0n) is 19.5. The van der Waals surface area contributed by atoms with Gasteiger partial charge < -0.3 is 5.32 Å². The Bertz CT molecular complexity index is 1520. The first-order valence-corrected chi connectivity index (χ1v) is 13.3. The second-order valence-corrected chi connectivity index (χ2v) is 10.4. The summed E-state index contributed by atoms with van der Waals surface area (Å²) in [4.78, 5) is 21.4. The molecule has 3 aromatic heterocycles. The Kier molecular flexibility index (Phi) is 7.13. The summed E-state index contributed by atoms with van der Waals surface area (Å²) in [5.74, 6) is 0.976. The lowest BCUT2D eigenvalue weighted by Crippen LogP contribution is -2.12. The topological polar surface area (TPSA) is 85.6 Å². The van der Waals surface area contributed by atoms with Crippen LogP contribution in [0.1, 0.15) is 26.6 Å². The van der Waals surface area contributed by atoms with Crippen LogP contribution in [0, 0.1) is 13.8 Å². The van der Waals surface area contributed by atoms with Crippen LogP contribution in [0.4, 0.5) is 5.69 Å². The maximum absolute atomic E-state index is 12.6. The maximum Gasteiger partial charge on any atom is 0.275 e. The molecular formula is C26H21ClN6OS2. The Morgan fingerprint density at radius 2 is 1.94 bits per heavy atom. The predicted molar refractivity (Wildman–Crippen MR) is 145 cm³/mol. The lowest BCUT2D eigenvalue weighted by atomic mass is 10.2. The fraction of sp³-hybridized carbons (Fsp3) is 0.115. The standard InChI is InChI=1S/C26H21ClN6OS2/c1-16-5-9-20(10-6-16)29-25(34)21-14-35-23(30-21)15-36-26-32-31-24(18-4-3-11-28-13-18)33(26)22-12-19(27)8-7-17(22)2/h3-14H,15H2,1-2H3,(H,29,34). The summed E-state index contributed by atoms with van der Waals surface area (Å²) in [7, 11) is 0. The van der Waals surface area contributed by atoms with Gasteiger partial charge in [-0.15, -0.1) is 21.5 Å². The van der Waals surface area contributed by atoms with E-state index in [1.54, 1.807) is 17.8 Å². The number of thioether (sulfide) groups is 1. The van der Waals surface area contributed by atoms with Gasteiger partial charge in [0, 0.05) is 34.0 Å². The lowest BCUT2D eigenvalue weighted by Gasteiger charge is -2.13. The second-order valence-electron chi connectivity index (χ2n) is 8.05. The summed E-state index contributed by atoms with van der Waals surface area (Å²) in [6.45, 7) is 4.02. The van der Waals surface area contributed by atoms with E-state index in [1.807, 2.05) is 73.0 Å². The van der Waals surface area contributed by atoms with E-state index < -0.39 is 0 Å². The van der Waals surface area contributed by atoms with Crippen molar-refractivity contribution in [1.29, 1.82) is 0 Å². The van der Waals surface area contributed by atoms with Crippen LogP contribution in [0.5, 0.6) is 0 Å². The van der Waals surface area contributed by atoms with Crippen LogP contribution in [0.2, 0.25) is 5.02 Å². The van der Waals surface area contributed by atoms with Crippen molar-refractivity contribution >= 4 is 46.3 Å². The van der Waals surface area contributed by atoms with Gasteiger partial charge in [-0.05, 0) is 55.8 Å². The number of benzene rings is 2. The third-order valence-corrected chi connectivity index (χ3v) is 7.59. The first-order chi connectivity index (χ1) is 17.5. The van der Waals surface area contributed by atoms with Crippen LogP contribution in [-0.4, -0.2) is 30.6 Å². The molecule has 0 aliphatic heterocycles. The van der Waals surface area contributed by atoms with Crippen LogP contribution < -0.4 is 5.32 Å². The highest BCUT2D eigenvalue weighted by Crippen LogP contribution is 2.32. The van der Waals surface area contributed by atoms with E-state index in [4.69, 9.17) is 11.6 Å². The summed E-state index contributed by atoms with van der Waals surface area (Å²) in [6.07, 6.45) is 3.48. The minimum absolute atomic E-state index is 0.233. The third-order valence-electron chi connectivity index (χ3n) is 5.38. The molecular weight excluding hydrogens is 512 g/mol. The molecule has 0 unspecified atom stereocenters. The van der Waals surface area contributed by atoms with Crippen LogP contribution in [-0.2, 0) is 5.75 Å². The zero-order chi connectivity index (χ0) is 25.1. The van der Waals surface area contributed by atoms with Crippen LogP contribution >= 0.6 is 34.7 Å². The van der Waals surface area contributed by atoms with Crippen molar-refractivity contribution in [3.63, 3.8) is 0 Å². The molecule has 7 nitrogen and oxygen atoms in total. The van der Waals surface area contributed by atoms with E-state index >= 15 is 0 Å². The van der Waals surface area contributed by atoms with Gasteiger partial charge in [-0.25, -0.2) is 4.98 Å². The minimum atomic E-state index is -0.233. The number of anilines is 1. The molecule has 5 rings (SSSR count). The van der Waals surface area contributed by atoms with Crippen LogP contribution in [0.25, 0.3) is 17.1 Å². The van der Waals surface area contributed by atoms with Gasteiger partial charge in [-0.3, -0.25) is 14.3 Å². The molecule has 1 N–H and O–H groups in total. The number of hydrogen-bond acceptors (Lipinski definition) is 7. The van der Waals surface area contributed by atoms with Gasteiger partial charge in [0.25, 0.3) is 5.91 Å². The Balaban J connectivity index is 1.38. The van der Waals surface area contributed by atoms with Gasteiger partial charge in [-0.2, -0.15) is 0 Å². The number of hydrogen-bond donors (Lipinski definition) is 1. The number of nitrogens with one attached hydrogen (secondary N) is 1. The van der Waals surface area contributed by atoms with Gasteiger partial charge in [0.1, 0.15) is 10.7 Å². The molecule has 0 atom stereocenters. The largest absolute Gasteiger partial charge is 0.321 e. The SMILES string of the molecule is Cc1ccc(NC(=O)c2csc(CSc3nnc(-c4cccnc4)n3-c3cc(Cl)ccc3C)n2)cc1. The van der Waals surface area contributed by atoms with E-state index in [0.29, 0.717) is 27.5 Å². The van der Waals surface area contributed by atoms with E-state index in [0.717, 1.165) is 33.1 Å². The lowest BCUT2D eigenvalue weighted by molar-refractivity contribution is 0.102. The van der Waals surface area contributed by atoms with Crippen molar-refractivity contribution < 1.29 is 4.79 Å². The molecule has 0 fully saturated rings. The molecule has 10 heteroatoms. The molecule has 5 aromatic rings. The van der Waals surface area contributed by atoms with Crippen molar-refractivity contribution in [1.82, 2.24) is 24.7 Å². The smallest absolute Gasteiger partial charge is 0.275 e. The van der Waals surface area contributed by atoms with Crippen molar-refractivity contribution in [2.45, 2.75) is 24.8 Å². The molecule has 0 aliphatic carbocycles. The molecule has 0 saturated heterocycles. The van der Waals surface area contributed by atoms with E-state index in [9.17, 15) is 4.79 Å². The number of aryl methyl sites for hydroxylation is 2. The zero-order valence-corrected chi connectivity index (χ0v) is 21.9. The Morgan fingerprint density at radius 3 is 2.72 bits per heavy atom. The molecule has 36 heavy (non-hydrogen) atoms. The number of nitrogens with zero attached hydrogens (tertiary/aromatic N) is 5. The molecule has 180 valence electrons. The molecule has 1 amide bonds. The third kappa shape index (κ3) is 5.33. The average molecular weight is 533 g/mol. The Labute approximate surface area is 221 Å². The highest BCUT2D eigenvalue weighted by atomic mass is 35.5.